The van der Waals surface area contributed by atoms with E-state index < -0.39 is 17.6 Å². The molecule has 7 nitrogen and oxygen atoms in total. The van der Waals surface area contributed by atoms with Crippen LogP contribution in [0, 0.1) is 23.0 Å². The molecule has 2 heterocycles. The van der Waals surface area contributed by atoms with E-state index in [0.29, 0.717) is 17.6 Å². The summed E-state index contributed by atoms with van der Waals surface area (Å²) in [5, 5.41) is 9.08. The number of hydrogen-bond acceptors (Lipinski definition) is 6. The van der Waals surface area contributed by atoms with Gasteiger partial charge in [-0.1, -0.05) is 0 Å². The zero-order valence-corrected chi connectivity index (χ0v) is 17.9. The van der Waals surface area contributed by atoms with Crippen LogP contribution in [0.3, 0.4) is 0 Å². The first kappa shape index (κ1) is 22.4. The van der Waals surface area contributed by atoms with Gasteiger partial charge in [-0.05, 0) is 44.4 Å². The molecule has 4 rings (SSSR count). The Bertz CT molecular complexity index is 1260. The zero-order chi connectivity index (χ0) is 23.4. The minimum atomic E-state index is -0.716. The highest BCUT2D eigenvalue weighted by Crippen LogP contribution is 2.37. The fraction of sp³-hybridized carbons (Fsp3) is 0.292. The Hall–Kier alpha value is -3.77. The van der Waals surface area contributed by atoms with Crippen LogP contribution >= 0.6 is 0 Å². The van der Waals surface area contributed by atoms with Gasteiger partial charge in [-0.3, -0.25) is 0 Å². The summed E-state index contributed by atoms with van der Waals surface area (Å²) in [6, 6.07) is 6.53. The number of carbonyl (C=O) groups excluding carboxylic acids is 1. The van der Waals surface area contributed by atoms with Crippen molar-refractivity contribution in [3.8, 4) is 17.6 Å². The topological polar surface area (TPSA) is 86.4 Å². The Kier molecular flexibility index (Phi) is 6.66. The zero-order valence-electron chi connectivity index (χ0n) is 17.9. The number of imidazole rings is 1. The van der Waals surface area contributed by atoms with Crippen molar-refractivity contribution in [3.05, 3.63) is 59.4 Å². The van der Waals surface area contributed by atoms with Crippen LogP contribution in [0.2, 0.25) is 0 Å². The smallest absolute Gasteiger partial charge is 0.330 e. The van der Waals surface area contributed by atoms with E-state index in [1.165, 1.54) is 24.3 Å². The van der Waals surface area contributed by atoms with E-state index >= 15 is 4.39 Å². The highest BCUT2D eigenvalue weighted by molar-refractivity contribution is 5.94. The highest BCUT2D eigenvalue weighted by atomic mass is 19.1. The Morgan fingerprint density at radius 1 is 1.33 bits per heavy atom. The molecule has 1 aliphatic heterocycles. The molecule has 0 saturated carbocycles. The maximum Gasteiger partial charge on any atom is 0.330 e. The lowest BCUT2D eigenvalue weighted by molar-refractivity contribution is -0.137. The Labute approximate surface area is 188 Å². The number of rotatable bonds is 6. The molecule has 1 saturated heterocycles. The lowest BCUT2D eigenvalue weighted by Gasteiger charge is -2.24. The van der Waals surface area contributed by atoms with Crippen molar-refractivity contribution in [2.24, 2.45) is 0 Å². The summed E-state index contributed by atoms with van der Waals surface area (Å²) in [4.78, 5) is 16.3. The van der Waals surface area contributed by atoms with Gasteiger partial charge in [-0.2, -0.15) is 5.26 Å². The highest BCUT2D eigenvalue weighted by Gasteiger charge is 2.23. The summed E-state index contributed by atoms with van der Waals surface area (Å²) in [5.74, 6) is -2.19. The molecule has 1 aromatic heterocycles. The first-order valence-corrected chi connectivity index (χ1v) is 10.5. The average molecular weight is 453 g/mol. The van der Waals surface area contributed by atoms with Gasteiger partial charge in [0, 0.05) is 30.4 Å². The molecule has 0 aliphatic carbocycles. The molecule has 0 spiro atoms. The molecule has 0 radical (unpaired) electrons. The third-order valence-electron chi connectivity index (χ3n) is 5.23. The molecule has 1 fully saturated rings. The summed E-state index contributed by atoms with van der Waals surface area (Å²) >= 11 is 0. The monoisotopic (exact) mass is 453 g/mol. The van der Waals surface area contributed by atoms with E-state index in [9.17, 15) is 9.18 Å². The Morgan fingerprint density at radius 3 is 2.91 bits per heavy atom. The van der Waals surface area contributed by atoms with Crippen molar-refractivity contribution in [2.45, 2.75) is 32.4 Å². The van der Waals surface area contributed by atoms with Crippen molar-refractivity contribution in [3.63, 3.8) is 0 Å². The number of carbonyl (C=O) groups is 1. The van der Waals surface area contributed by atoms with Gasteiger partial charge in [-0.25, -0.2) is 18.6 Å². The number of hydrogen-bond donors (Lipinski definition) is 0. The van der Waals surface area contributed by atoms with Gasteiger partial charge in [0.1, 0.15) is 23.9 Å². The van der Waals surface area contributed by atoms with Crippen molar-refractivity contribution in [1.29, 1.82) is 5.26 Å². The number of benzene rings is 2. The second-order valence-corrected chi connectivity index (χ2v) is 7.38. The van der Waals surface area contributed by atoms with Crippen molar-refractivity contribution >= 4 is 23.1 Å². The number of nitriles is 1. The molecule has 1 atom stereocenters. The van der Waals surface area contributed by atoms with Gasteiger partial charge in [-0.15, -0.1) is 0 Å². The molecular formula is C24H21F2N3O4. The molecule has 1 unspecified atom stereocenters. The van der Waals surface area contributed by atoms with Crippen LogP contribution in [0.15, 0.2) is 36.7 Å². The number of esters is 1. The van der Waals surface area contributed by atoms with E-state index in [4.69, 9.17) is 19.5 Å². The SMILES string of the molecule is CCOC(=O)/C=C/c1c(Oc2ccc(F)c(C#N)c2)c(F)cc2c1ncn2C1CCCCO1. The van der Waals surface area contributed by atoms with E-state index in [2.05, 4.69) is 4.98 Å². The molecule has 2 aromatic carbocycles. The maximum atomic E-state index is 15.3. The summed E-state index contributed by atoms with van der Waals surface area (Å²) in [5.41, 5.74) is 0.836. The fourth-order valence-electron chi connectivity index (χ4n) is 3.69. The van der Waals surface area contributed by atoms with Gasteiger partial charge in [0.2, 0.25) is 0 Å². The fourth-order valence-corrected chi connectivity index (χ4v) is 3.69. The second kappa shape index (κ2) is 9.79. The normalized spacial score (nSPS) is 16.1. The predicted molar refractivity (Wildman–Crippen MR) is 115 cm³/mol. The molecule has 3 aromatic rings. The minimum Gasteiger partial charge on any atom is -0.463 e. The lowest BCUT2D eigenvalue weighted by atomic mass is 10.1. The Balaban J connectivity index is 1.82. The molecule has 0 bridgehead atoms. The number of aromatic nitrogens is 2. The van der Waals surface area contributed by atoms with Gasteiger partial charge in [0.25, 0.3) is 0 Å². The Morgan fingerprint density at radius 2 is 2.18 bits per heavy atom. The summed E-state index contributed by atoms with van der Waals surface area (Å²) in [6.45, 7) is 2.47. The van der Waals surface area contributed by atoms with Crippen LogP contribution in [0.25, 0.3) is 17.1 Å². The molecule has 0 N–H and O–H groups in total. The first-order chi connectivity index (χ1) is 16.0. The van der Waals surface area contributed by atoms with Crippen LogP contribution in [0.5, 0.6) is 11.5 Å². The van der Waals surface area contributed by atoms with Crippen LogP contribution in [0.1, 0.15) is 43.5 Å². The predicted octanol–water partition coefficient (Wildman–Crippen LogP) is 5.25. The van der Waals surface area contributed by atoms with Gasteiger partial charge < -0.3 is 18.8 Å². The number of fused-ring (bicyclic) bond motifs is 1. The maximum absolute atomic E-state index is 15.3. The number of ether oxygens (including phenoxy) is 3. The van der Waals surface area contributed by atoms with E-state index in [-0.39, 0.29) is 35.5 Å². The third kappa shape index (κ3) is 4.71. The molecule has 170 valence electrons. The lowest BCUT2D eigenvalue weighted by Crippen LogP contribution is -2.17. The van der Waals surface area contributed by atoms with Gasteiger partial charge in [0.15, 0.2) is 11.6 Å². The van der Waals surface area contributed by atoms with E-state index in [1.54, 1.807) is 23.9 Å². The molecule has 0 amide bonds. The summed E-state index contributed by atoms with van der Waals surface area (Å²) in [7, 11) is 0. The molecule has 9 heteroatoms. The average Bonchev–Trinajstić information content (AvgIpc) is 3.24. The van der Waals surface area contributed by atoms with Crippen molar-refractivity contribution in [2.75, 3.05) is 13.2 Å². The van der Waals surface area contributed by atoms with Gasteiger partial charge >= 0.3 is 5.97 Å². The van der Waals surface area contributed by atoms with Crippen LogP contribution in [0.4, 0.5) is 8.78 Å². The van der Waals surface area contributed by atoms with E-state index in [1.807, 2.05) is 0 Å². The van der Waals surface area contributed by atoms with Crippen molar-refractivity contribution < 1.29 is 27.8 Å². The van der Waals surface area contributed by atoms with E-state index in [0.717, 1.165) is 31.4 Å². The minimum absolute atomic E-state index is 0.0621. The summed E-state index contributed by atoms with van der Waals surface area (Å²) in [6.07, 6.45) is 6.54. The summed E-state index contributed by atoms with van der Waals surface area (Å²) < 4.78 is 47.2. The van der Waals surface area contributed by atoms with Crippen LogP contribution < -0.4 is 4.74 Å². The van der Waals surface area contributed by atoms with Crippen LogP contribution in [-0.2, 0) is 14.3 Å². The van der Waals surface area contributed by atoms with Crippen molar-refractivity contribution in [1.82, 2.24) is 9.55 Å². The quantitative estimate of drug-likeness (QED) is 0.374. The standard InChI is InChI=1S/C24H21F2N3O4/c1-2-31-22(30)9-7-17-23-20(29(14-28-23)21-5-3-4-10-32-21)12-19(26)24(17)33-16-6-8-18(25)15(11-16)13-27/h6-9,11-12,14,21H,2-5,10H2,1H3/b9-7+. The molecule has 33 heavy (non-hydrogen) atoms. The second-order valence-electron chi connectivity index (χ2n) is 7.38. The first-order valence-electron chi connectivity index (χ1n) is 10.5. The third-order valence-corrected chi connectivity index (χ3v) is 5.23. The largest absolute Gasteiger partial charge is 0.463 e. The molecule has 1 aliphatic rings. The number of nitrogens with zero attached hydrogens (tertiary/aromatic N) is 3. The number of halogens is 2. The van der Waals surface area contributed by atoms with Gasteiger partial charge in [0.05, 0.1) is 29.5 Å². The van der Waals surface area contributed by atoms with Crippen LogP contribution in [-0.4, -0.2) is 28.7 Å². The molecular weight excluding hydrogens is 432 g/mol.